The third kappa shape index (κ3) is 4.85. The van der Waals surface area contributed by atoms with Crippen molar-refractivity contribution in [2.24, 2.45) is 0 Å². The van der Waals surface area contributed by atoms with Gasteiger partial charge in [0, 0.05) is 6.54 Å². The molecular formula is C22H23N3O2. The second-order valence-corrected chi connectivity index (χ2v) is 6.43. The van der Waals surface area contributed by atoms with Gasteiger partial charge in [0.15, 0.2) is 0 Å². The number of pyridine rings is 1. The lowest BCUT2D eigenvalue weighted by Crippen LogP contribution is -2.14. The number of carbonyl (C=O) groups excluding carboxylic acids is 1. The van der Waals surface area contributed by atoms with E-state index in [0.717, 1.165) is 11.3 Å². The lowest BCUT2D eigenvalue weighted by molar-refractivity contribution is 0.102. The maximum atomic E-state index is 12.5. The van der Waals surface area contributed by atoms with E-state index in [0.29, 0.717) is 23.7 Å². The van der Waals surface area contributed by atoms with Crippen molar-refractivity contribution in [2.45, 2.75) is 20.4 Å². The molecule has 27 heavy (non-hydrogen) atoms. The first-order chi connectivity index (χ1) is 13.0. The standard InChI is InChI=1S/C22H23N3O2/c1-15-5-4-6-17(11-15)13-23-18-8-9-19(24-14-18)22(26)25-20-12-16(2)7-10-21(20)27-3/h4-12,14,23H,13H2,1-3H3,(H,25,26). The van der Waals surface area contributed by atoms with Crippen LogP contribution in [0.4, 0.5) is 11.4 Å². The topological polar surface area (TPSA) is 63.2 Å². The first kappa shape index (κ1) is 18.5. The van der Waals surface area contributed by atoms with Crippen molar-refractivity contribution in [3.8, 4) is 5.75 Å². The SMILES string of the molecule is COc1ccc(C)cc1NC(=O)c1ccc(NCc2cccc(C)c2)cn1. The zero-order valence-electron chi connectivity index (χ0n) is 15.7. The van der Waals surface area contributed by atoms with E-state index in [1.165, 1.54) is 11.1 Å². The van der Waals surface area contributed by atoms with Crippen LogP contribution in [-0.2, 0) is 6.54 Å². The van der Waals surface area contributed by atoms with Gasteiger partial charge in [0.1, 0.15) is 11.4 Å². The number of benzene rings is 2. The van der Waals surface area contributed by atoms with Crippen molar-refractivity contribution in [1.82, 2.24) is 4.98 Å². The molecule has 1 aromatic heterocycles. The van der Waals surface area contributed by atoms with Gasteiger partial charge in [-0.15, -0.1) is 0 Å². The van der Waals surface area contributed by atoms with Crippen LogP contribution in [0, 0.1) is 13.8 Å². The summed E-state index contributed by atoms with van der Waals surface area (Å²) in [6, 6.07) is 17.5. The molecular weight excluding hydrogens is 338 g/mol. The number of aromatic nitrogens is 1. The van der Waals surface area contributed by atoms with Crippen molar-refractivity contribution in [3.63, 3.8) is 0 Å². The molecule has 2 aromatic carbocycles. The number of carbonyl (C=O) groups is 1. The van der Waals surface area contributed by atoms with E-state index in [2.05, 4.69) is 40.7 Å². The Bertz CT molecular complexity index is 937. The van der Waals surface area contributed by atoms with Crippen LogP contribution in [0.5, 0.6) is 5.75 Å². The van der Waals surface area contributed by atoms with Crippen LogP contribution >= 0.6 is 0 Å². The highest BCUT2D eigenvalue weighted by molar-refractivity contribution is 6.03. The van der Waals surface area contributed by atoms with Crippen LogP contribution < -0.4 is 15.4 Å². The summed E-state index contributed by atoms with van der Waals surface area (Å²) in [5.41, 5.74) is 5.30. The molecule has 3 aromatic rings. The van der Waals surface area contributed by atoms with Crippen LogP contribution in [-0.4, -0.2) is 18.0 Å². The van der Waals surface area contributed by atoms with Gasteiger partial charge in [0.2, 0.25) is 0 Å². The zero-order chi connectivity index (χ0) is 19.2. The first-order valence-electron chi connectivity index (χ1n) is 8.76. The minimum absolute atomic E-state index is 0.274. The molecule has 2 N–H and O–H groups in total. The predicted octanol–water partition coefficient (Wildman–Crippen LogP) is 4.57. The number of rotatable bonds is 6. The smallest absolute Gasteiger partial charge is 0.274 e. The maximum Gasteiger partial charge on any atom is 0.274 e. The first-order valence-corrected chi connectivity index (χ1v) is 8.76. The normalized spacial score (nSPS) is 10.3. The van der Waals surface area contributed by atoms with Crippen LogP contribution in [0.25, 0.3) is 0 Å². The third-order valence-electron chi connectivity index (χ3n) is 4.18. The molecule has 0 aliphatic heterocycles. The Morgan fingerprint density at radius 3 is 2.56 bits per heavy atom. The molecule has 3 rings (SSSR count). The number of aryl methyl sites for hydroxylation is 2. The van der Waals surface area contributed by atoms with Gasteiger partial charge in [-0.1, -0.05) is 35.9 Å². The molecule has 5 nitrogen and oxygen atoms in total. The Hall–Kier alpha value is -3.34. The molecule has 5 heteroatoms. The fourth-order valence-corrected chi connectivity index (χ4v) is 2.76. The lowest BCUT2D eigenvalue weighted by atomic mass is 10.1. The Morgan fingerprint density at radius 2 is 1.85 bits per heavy atom. The maximum absolute atomic E-state index is 12.5. The molecule has 1 amide bonds. The summed E-state index contributed by atoms with van der Waals surface area (Å²) in [6.45, 7) is 4.74. The van der Waals surface area contributed by atoms with E-state index in [1.807, 2.05) is 37.3 Å². The second-order valence-electron chi connectivity index (χ2n) is 6.43. The Balaban J connectivity index is 1.64. The van der Waals surface area contributed by atoms with Gasteiger partial charge in [-0.2, -0.15) is 0 Å². The van der Waals surface area contributed by atoms with Crippen molar-refractivity contribution in [2.75, 3.05) is 17.7 Å². The summed E-state index contributed by atoms with van der Waals surface area (Å²) in [5, 5.41) is 6.17. The number of ether oxygens (including phenoxy) is 1. The van der Waals surface area contributed by atoms with Crippen molar-refractivity contribution in [3.05, 3.63) is 83.2 Å². The molecule has 0 saturated heterocycles. The minimum atomic E-state index is -0.274. The molecule has 0 saturated carbocycles. The van der Waals surface area contributed by atoms with E-state index in [1.54, 1.807) is 19.4 Å². The van der Waals surface area contributed by atoms with Crippen LogP contribution in [0.1, 0.15) is 27.2 Å². The van der Waals surface area contributed by atoms with Crippen LogP contribution in [0.15, 0.2) is 60.8 Å². The molecule has 0 spiro atoms. The van der Waals surface area contributed by atoms with Crippen molar-refractivity contribution < 1.29 is 9.53 Å². The highest BCUT2D eigenvalue weighted by atomic mass is 16.5. The average molecular weight is 361 g/mol. The highest BCUT2D eigenvalue weighted by Gasteiger charge is 2.11. The van der Waals surface area contributed by atoms with Gasteiger partial charge in [-0.05, 0) is 49.2 Å². The quantitative estimate of drug-likeness (QED) is 0.675. The highest BCUT2D eigenvalue weighted by Crippen LogP contribution is 2.25. The summed E-state index contributed by atoms with van der Waals surface area (Å²) < 4.78 is 5.29. The van der Waals surface area contributed by atoms with E-state index in [-0.39, 0.29) is 5.91 Å². The molecule has 0 aliphatic rings. The third-order valence-corrected chi connectivity index (χ3v) is 4.18. The van der Waals surface area contributed by atoms with E-state index < -0.39 is 0 Å². The van der Waals surface area contributed by atoms with Gasteiger partial charge in [-0.3, -0.25) is 4.79 Å². The van der Waals surface area contributed by atoms with Gasteiger partial charge < -0.3 is 15.4 Å². The molecule has 1 heterocycles. The molecule has 0 unspecified atom stereocenters. The summed E-state index contributed by atoms with van der Waals surface area (Å²) in [6.07, 6.45) is 1.66. The largest absolute Gasteiger partial charge is 0.495 e. The van der Waals surface area contributed by atoms with E-state index >= 15 is 0 Å². The summed E-state index contributed by atoms with van der Waals surface area (Å²) in [4.78, 5) is 16.7. The van der Waals surface area contributed by atoms with E-state index in [4.69, 9.17) is 4.74 Å². The second kappa shape index (κ2) is 8.36. The molecule has 0 fully saturated rings. The summed E-state index contributed by atoms with van der Waals surface area (Å²) in [7, 11) is 1.58. The molecule has 0 radical (unpaired) electrons. The minimum Gasteiger partial charge on any atom is -0.495 e. The Morgan fingerprint density at radius 1 is 1.04 bits per heavy atom. The lowest BCUT2D eigenvalue weighted by Gasteiger charge is -2.11. The monoisotopic (exact) mass is 361 g/mol. The van der Waals surface area contributed by atoms with Crippen LogP contribution in [0.2, 0.25) is 0 Å². The summed E-state index contributed by atoms with van der Waals surface area (Å²) in [5.74, 6) is 0.342. The summed E-state index contributed by atoms with van der Waals surface area (Å²) >= 11 is 0. The van der Waals surface area contributed by atoms with Gasteiger partial charge in [0.05, 0.1) is 24.7 Å². The predicted molar refractivity (Wildman–Crippen MR) is 108 cm³/mol. The number of hydrogen-bond acceptors (Lipinski definition) is 4. The van der Waals surface area contributed by atoms with Gasteiger partial charge in [-0.25, -0.2) is 4.98 Å². The molecule has 0 aliphatic carbocycles. The van der Waals surface area contributed by atoms with Crippen LogP contribution in [0.3, 0.4) is 0 Å². The fourth-order valence-electron chi connectivity index (χ4n) is 2.76. The number of methoxy groups -OCH3 is 1. The van der Waals surface area contributed by atoms with Crippen molar-refractivity contribution in [1.29, 1.82) is 0 Å². The van der Waals surface area contributed by atoms with Crippen molar-refractivity contribution >= 4 is 17.3 Å². The Labute approximate surface area is 159 Å². The molecule has 138 valence electrons. The molecule has 0 bridgehead atoms. The van der Waals surface area contributed by atoms with E-state index in [9.17, 15) is 4.79 Å². The zero-order valence-corrected chi connectivity index (χ0v) is 15.7. The number of anilines is 2. The number of hydrogen-bond donors (Lipinski definition) is 2. The number of nitrogens with zero attached hydrogens (tertiary/aromatic N) is 1. The van der Waals surface area contributed by atoms with Gasteiger partial charge >= 0.3 is 0 Å². The fraction of sp³-hybridized carbons (Fsp3) is 0.182. The molecule has 0 atom stereocenters. The number of amides is 1. The average Bonchev–Trinajstić information content (AvgIpc) is 2.67. The number of nitrogens with one attached hydrogen (secondary N) is 2. The Kier molecular flexibility index (Phi) is 5.71. The van der Waals surface area contributed by atoms with Gasteiger partial charge in [0.25, 0.3) is 5.91 Å².